The largest absolute Gasteiger partial charge is 0.391 e. The van der Waals surface area contributed by atoms with Crippen LogP contribution in [0.1, 0.15) is 31.2 Å². The van der Waals surface area contributed by atoms with Crippen molar-refractivity contribution in [1.82, 2.24) is 5.32 Å². The molecule has 1 aromatic carbocycles. The van der Waals surface area contributed by atoms with Crippen LogP contribution in [0, 0.1) is 11.6 Å². The maximum atomic E-state index is 13.4. The highest BCUT2D eigenvalue weighted by molar-refractivity contribution is 5.79. The minimum absolute atomic E-state index is 0.144. The zero-order valence-electron chi connectivity index (χ0n) is 10.5. The van der Waals surface area contributed by atoms with Gasteiger partial charge in [0.25, 0.3) is 0 Å². The first kappa shape index (κ1) is 13.9. The summed E-state index contributed by atoms with van der Waals surface area (Å²) in [4.78, 5) is 11.8. The van der Waals surface area contributed by atoms with E-state index in [0.717, 1.165) is 31.4 Å². The molecule has 1 aromatic rings. The predicted molar refractivity (Wildman–Crippen MR) is 66.5 cm³/mol. The van der Waals surface area contributed by atoms with Crippen molar-refractivity contribution in [3.05, 3.63) is 35.4 Å². The van der Waals surface area contributed by atoms with Crippen LogP contribution in [0.2, 0.25) is 0 Å². The van der Waals surface area contributed by atoms with Crippen LogP contribution >= 0.6 is 0 Å². The fraction of sp³-hybridized carbons (Fsp3) is 0.500. The fourth-order valence-electron chi connectivity index (χ4n) is 2.38. The summed E-state index contributed by atoms with van der Waals surface area (Å²) < 4.78 is 26.1. The molecule has 3 nitrogen and oxygen atoms in total. The Bertz CT molecular complexity index is 465. The first-order valence-electron chi connectivity index (χ1n) is 6.47. The van der Waals surface area contributed by atoms with Crippen molar-refractivity contribution >= 4 is 5.91 Å². The molecule has 0 heterocycles. The van der Waals surface area contributed by atoms with Gasteiger partial charge >= 0.3 is 0 Å². The molecule has 0 aliphatic heterocycles. The minimum Gasteiger partial charge on any atom is -0.391 e. The molecule has 0 saturated heterocycles. The minimum atomic E-state index is -0.723. The summed E-state index contributed by atoms with van der Waals surface area (Å²) >= 11 is 0. The van der Waals surface area contributed by atoms with Crippen LogP contribution in [-0.2, 0) is 11.2 Å². The Morgan fingerprint density at radius 1 is 1.32 bits per heavy atom. The van der Waals surface area contributed by atoms with Crippen molar-refractivity contribution in [2.24, 2.45) is 0 Å². The summed E-state index contributed by atoms with van der Waals surface area (Å²) in [5, 5.41) is 12.4. The smallest absolute Gasteiger partial charge is 0.224 e. The van der Waals surface area contributed by atoms with E-state index in [1.54, 1.807) is 0 Å². The average molecular weight is 269 g/mol. The molecule has 19 heavy (non-hydrogen) atoms. The van der Waals surface area contributed by atoms with E-state index in [2.05, 4.69) is 5.32 Å². The van der Waals surface area contributed by atoms with Gasteiger partial charge in [-0.1, -0.05) is 18.9 Å². The number of hydrogen-bond acceptors (Lipinski definition) is 2. The lowest BCUT2D eigenvalue weighted by Gasteiger charge is -2.28. The third kappa shape index (κ3) is 3.73. The summed E-state index contributed by atoms with van der Waals surface area (Å²) in [6, 6.07) is 2.89. The normalized spacial score (nSPS) is 23.1. The van der Waals surface area contributed by atoms with Crippen LogP contribution in [0.3, 0.4) is 0 Å². The second-order valence-electron chi connectivity index (χ2n) is 4.94. The van der Waals surface area contributed by atoms with Gasteiger partial charge in [-0.2, -0.15) is 0 Å². The van der Waals surface area contributed by atoms with E-state index in [1.807, 2.05) is 0 Å². The third-order valence-electron chi connectivity index (χ3n) is 3.44. The molecule has 1 fully saturated rings. The maximum Gasteiger partial charge on any atom is 0.224 e. The summed E-state index contributed by atoms with van der Waals surface area (Å²) in [5.74, 6) is -1.74. The van der Waals surface area contributed by atoms with Crippen LogP contribution in [0.5, 0.6) is 0 Å². The Hall–Kier alpha value is -1.49. The number of nitrogens with one attached hydrogen (secondary N) is 1. The summed E-state index contributed by atoms with van der Waals surface area (Å²) in [7, 11) is 0. The highest BCUT2D eigenvalue weighted by Crippen LogP contribution is 2.18. The molecule has 2 unspecified atom stereocenters. The van der Waals surface area contributed by atoms with Crippen LogP contribution in [0.15, 0.2) is 18.2 Å². The Balaban J connectivity index is 1.93. The topological polar surface area (TPSA) is 49.3 Å². The van der Waals surface area contributed by atoms with E-state index in [9.17, 15) is 18.7 Å². The maximum absolute atomic E-state index is 13.4. The van der Waals surface area contributed by atoms with Crippen molar-refractivity contribution < 1.29 is 18.7 Å². The quantitative estimate of drug-likeness (QED) is 0.881. The number of aliphatic hydroxyl groups is 1. The molecule has 1 aliphatic carbocycles. The van der Waals surface area contributed by atoms with Gasteiger partial charge in [0.15, 0.2) is 0 Å². The molecule has 5 heteroatoms. The van der Waals surface area contributed by atoms with Crippen molar-refractivity contribution in [2.75, 3.05) is 0 Å². The standard InChI is InChI=1S/C14H17F2NO2/c15-10-6-5-9(11(16)8-10)7-14(19)17-12-3-1-2-4-13(12)18/h5-6,8,12-13,18H,1-4,7H2,(H,17,19). The number of amides is 1. The molecule has 1 aliphatic rings. The zero-order chi connectivity index (χ0) is 13.8. The Morgan fingerprint density at radius 2 is 2.05 bits per heavy atom. The molecule has 0 aromatic heterocycles. The van der Waals surface area contributed by atoms with Gasteiger partial charge < -0.3 is 10.4 Å². The molecule has 2 atom stereocenters. The van der Waals surface area contributed by atoms with Gasteiger partial charge in [-0.25, -0.2) is 8.78 Å². The predicted octanol–water partition coefficient (Wildman–Crippen LogP) is 1.93. The van der Waals surface area contributed by atoms with E-state index in [4.69, 9.17) is 0 Å². The number of benzene rings is 1. The second-order valence-corrected chi connectivity index (χ2v) is 4.94. The number of halogens is 2. The summed E-state index contributed by atoms with van der Waals surface area (Å²) in [5.41, 5.74) is 0.157. The number of aliphatic hydroxyl groups excluding tert-OH is 1. The third-order valence-corrected chi connectivity index (χ3v) is 3.44. The number of carbonyl (C=O) groups is 1. The van der Waals surface area contributed by atoms with Gasteiger partial charge in [0.1, 0.15) is 11.6 Å². The fourth-order valence-corrected chi connectivity index (χ4v) is 2.38. The van der Waals surface area contributed by atoms with Gasteiger partial charge in [0.2, 0.25) is 5.91 Å². The van der Waals surface area contributed by atoms with Crippen LogP contribution in [0.4, 0.5) is 8.78 Å². The van der Waals surface area contributed by atoms with Gasteiger partial charge in [-0.3, -0.25) is 4.79 Å². The molecule has 0 spiro atoms. The Morgan fingerprint density at radius 3 is 2.74 bits per heavy atom. The highest BCUT2D eigenvalue weighted by atomic mass is 19.1. The lowest BCUT2D eigenvalue weighted by molar-refractivity contribution is -0.122. The second kappa shape index (κ2) is 6.10. The monoisotopic (exact) mass is 269 g/mol. The molecule has 0 bridgehead atoms. The lowest BCUT2D eigenvalue weighted by Crippen LogP contribution is -2.45. The lowest BCUT2D eigenvalue weighted by atomic mass is 9.92. The number of rotatable bonds is 3. The molecular weight excluding hydrogens is 252 g/mol. The van der Waals surface area contributed by atoms with Gasteiger partial charge in [-0.15, -0.1) is 0 Å². The summed E-state index contributed by atoms with van der Waals surface area (Å²) in [6.45, 7) is 0. The summed E-state index contributed by atoms with van der Waals surface area (Å²) in [6.07, 6.45) is 2.66. The Labute approximate surface area is 110 Å². The molecule has 0 radical (unpaired) electrons. The van der Waals surface area contributed by atoms with Crippen molar-refractivity contribution in [3.8, 4) is 0 Å². The van der Waals surface area contributed by atoms with E-state index in [0.29, 0.717) is 6.42 Å². The van der Waals surface area contributed by atoms with E-state index in [-0.39, 0.29) is 23.9 Å². The highest BCUT2D eigenvalue weighted by Gasteiger charge is 2.24. The van der Waals surface area contributed by atoms with Crippen LogP contribution < -0.4 is 5.32 Å². The van der Waals surface area contributed by atoms with Gasteiger partial charge in [0.05, 0.1) is 18.6 Å². The SMILES string of the molecule is O=C(Cc1ccc(F)cc1F)NC1CCCCC1O. The van der Waals surface area contributed by atoms with Gasteiger partial charge in [-0.05, 0) is 24.5 Å². The van der Waals surface area contributed by atoms with E-state index >= 15 is 0 Å². The molecule has 1 amide bonds. The average Bonchev–Trinajstić information content (AvgIpc) is 2.36. The molecule has 104 valence electrons. The van der Waals surface area contributed by atoms with Crippen molar-refractivity contribution in [3.63, 3.8) is 0 Å². The first-order chi connectivity index (χ1) is 9.06. The van der Waals surface area contributed by atoms with Gasteiger partial charge in [0, 0.05) is 6.07 Å². The van der Waals surface area contributed by atoms with Crippen molar-refractivity contribution in [1.29, 1.82) is 0 Å². The van der Waals surface area contributed by atoms with E-state index in [1.165, 1.54) is 6.07 Å². The number of carbonyl (C=O) groups excluding carboxylic acids is 1. The first-order valence-corrected chi connectivity index (χ1v) is 6.47. The number of hydrogen-bond donors (Lipinski definition) is 2. The molecular formula is C14H17F2NO2. The zero-order valence-corrected chi connectivity index (χ0v) is 10.5. The molecule has 1 saturated carbocycles. The molecule has 2 N–H and O–H groups in total. The van der Waals surface area contributed by atoms with Crippen molar-refractivity contribution in [2.45, 2.75) is 44.2 Å². The Kier molecular flexibility index (Phi) is 4.47. The van der Waals surface area contributed by atoms with E-state index < -0.39 is 17.7 Å². The van der Waals surface area contributed by atoms with Crippen LogP contribution in [-0.4, -0.2) is 23.2 Å². The molecule has 2 rings (SSSR count). The van der Waals surface area contributed by atoms with Crippen LogP contribution in [0.25, 0.3) is 0 Å².